The van der Waals surface area contributed by atoms with E-state index >= 15 is 0 Å². The second-order valence-corrected chi connectivity index (χ2v) is 4.16. The second-order valence-electron chi connectivity index (χ2n) is 4.16. The summed E-state index contributed by atoms with van der Waals surface area (Å²) in [5, 5.41) is 1.38. The molecule has 9 nitrogen and oxygen atoms in total. The summed E-state index contributed by atoms with van der Waals surface area (Å²) in [7, 11) is 0. The number of imide groups is 2. The quantitative estimate of drug-likeness (QED) is 0.415. The van der Waals surface area contributed by atoms with E-state index in [0.29, 0.717) is 5.06 Å². The van der Waals surface area contributed by atoms with Gasteiger partial charge in [-0.05, 0) is 0 Å². The van der Waals surface area contributed by atoms with Gasteiger partial charge in [-0.1, -0.05) is 0 Å². The van der Waals surface area contributed by atoms with Gasteiger partial charge in [-0.3, -0.25) is 28.9 Å². The zero-order valence-electron chi connectivity index (χ0n) is 11.1. The van der Waals surface area contributed by atoms with Gasteiger partial charge in [0.05, 0.1) is 26.4 Å². The smallest absolute Gasteiger partial charge is 0.277 e. The first-order valence-electron chi connectivity index (χ1n) is 6.35. The van der Waals surface area contributed by atoms with Gasteiger partial charge < -0.3 is 4.74 Å². The second kappa shape index (κ2) is 7.07. The van der Waals surface area contributed by atoms with Crippen LogP contribution in [0.2, 0.25) is 0 Å². The van der Waals surface area contributed by atoms with E-state index < -0.39 is 11.8 Å². The van der Waals surface area contributed by atoms with E-state index in [-0.39, 0.29) is 51.1 Å². The lowest BCUT2D eigenvalue weighted by atomic mass is 10.4. The number of carbonyl (C=O) groups is 4. The lowest BCUT2D eigenvalue weighted by Crippen LogP contribution is -2.32. The van der Waals surface area contributed by atoms with E-state index in [0.717, 1.165) is 17.2 Å². The van der Waals surface area contributed by atoms with Crippen molar-refractivity contribution in [3.05, 3.63) is 12.2 Å². The fourth-order valence-electron chi connectivity index (χ4n) is 1.69. The van der Waals surface area contributed by atoms with Crippen LogP contribution >= 0.6 is 0 Å². The van der Waals surface area contributed by atoms with Crippen molar-refractivity contribution in [1.29, 1.82) is 0 Å². The minimum absolute atomic E-state index is 0.0146. The van der Waals surface area contributed by atoms with E-state index in [2.05, 4.69) is 0 Å². The average molecular weight is 298 g/mol. The Morgan fingerprint density at radius 3 is 1.76 bits per heavy atom. The van der Waals surface area contributed by atoms with Crippen LogP contribution < -0.4 is 0 Å². The molecule has 9 heteroatoms. The van der Waals surface area contributed by atoms with Gasteiger partial charge in [0.15, 0.2) is 0 Å². The van der Waals surface area contributed by atoms with Gasteiger partial charge in [0, 0.05) is 25.0 Å². The first-order chi connectivity index (χ1) is 10.1. The highest BCUT2D eigenvalue weighted by Gasteiger charge is 2.30. The topological polar surface area (TPSA) is 102 Å². The lowest BCUT2D eigenvalue weighted by Gasteiger charge is -2.14. The third kappa shape index (κ3) is 3.94. The van der Waals surface area contributed by atoms with Crippen molar-refractivity contribution in [2.45, 2.75) is 12.8 Å². The Kier molecular flexibility index (Phi) is 5.14. The fraction of sp³-hybridized carbons (Fsp3) is 0.500. The van der Waals surface area contributed by atoms with Gasteiger partial charge in [-0.15, -0.1) is 5.06 Å². The molecule has 4 amide bonds. The van der Waals surface area contributed by atoms with Crippen LogP contribution in [0.1, 0.15) is 12.8 Å². The van der Waals surface area contributed by atoms with E-state index in [1.165, 1.54) is 0 Å². The molecule has 0 spiro atoms. The Labute approximate surface area is 119 Å². The largest absolute Gasteiger partial charge is 0.376 e. The van der Waals surface area contributed by atoms with Gasteiger partial charge in [-0.2, -0.15) is 5.06 Å². The molecule has 1 saturated heterocycles. The summed E-state index contributed by atoms with van der Waals surface area (Å²) < 4.78 is 5.13. The molecule has 2 aliphatic heterocycles. The number of hydrogen-bond acceptors (Lipinski definition) is 7. The molecule has 0 atom stereocenters. The van der Waals surface area contributed by atoms with Crippen molar-refractivity contribution in [2.75, 3.05) is 26.4 Å². The number of ether oxygens (including phenoxy) is 1. The van der Waals surface area contributed by atoms with Gasteiger partial charge in [-0.25, -0.2) is 0 Å². The van der Waals surface area contributed by atoms with E-state index in [4.69, 9.17) is 14.4 Å². The zero-order chi connectivity index (χ0) is 15.2. The molecule has 0 unspecified atom stereocenters. The Balaban J connectivity index is 1.51. The molecular formula is C12H14N2O7. The number of hydrogen-bond donors (Lipinski definition) is 0. The van der Waals surface area contributed by atoms with Crippen LogP contribution in [0.15, 0.2) is 12.2 Å². The highest BCUT2D eigenvalue weighted by Crippen LogP contribution is 2.11. The molecule has 0 aromatic rings. The minimum Gasteiger partial charge on any atom is -0.376 e. The minimum atomic E-state index is -0.533. The molecule has 114 valence electrons. The van der Waals surface area contributed by atoms with Crippen molar-refractivity contribution < 1.29 is 33.6 Å². The van der Waals surface area contributed by atoms with Crippen LogP contribution in [0.4, 0.5) is 0 Å². The van der Waals surface area contributed by atoms with E-state index in [1.54, 1.807) is 0 Å². The summed E-state index contributed by atoms with van der Waals surface area (Å²) in [6, 6.07) is 0. The third-order valence-corrected chi connectivity index (χ3v) is 2.67. The molecular weight excluding hydrogens is 284 g/mol. The molecule has 1 fully saturated rings. The Hall–Kier alpha value is -2.10. The van der Waals surface area contributed by atoms with Crippen LogP contribution in [0.25, 0.3) is 0 Å². The van der Waals surface area contributed by atoms with Crippen molar-refractivity contribution in [3.63, 3.8) is 0 Å². The first kappa shape index (κ1) is 15.3. The Morgan fingerprint density at radius 1 is 0.762 bits per heavy atom. The highest BCUT2D eigenvalue weighted by molar-refractivity contribution is 6.11. The van der Waals surface area contributed by atoms with Crippen LogP contribution in [0.5, 0.6) is 0 Å². The lowest BCUT2D eigenvalue weighted by molar-refractivity contribution is -0.194. The molecule has 0 saturated carbocycles. The summed E-state index contributed by atoms with van der Waals surface area (Å²) in [4.78, 5) is 54.6. The van der Waals surface area contributed by atoms with Crippen LogP contribution in [-0.2, 0) is 33.6 Å². The van der Waals surface area contributed by atoms with Crippen molar-refractivity contribution in [2.24, 2.45) is 0 Å². The van der Waals surface area contributed by atoms with Crippen LogP contribution in [0.3, 0.4) is 0 Å². The summed E-state index contributed by atoms with van der Waals surface area (Å²) in [5.74, 6) is -1.78. The average Bonchev–Trinajstić information content (AvgIpc) is 2.94. The first-order valence-corrected chi connectivity index (χ1v) is 6.35. The summed E-state index contributed by atoms with van der Waals surface area (Å²) >= 11 is 0. The predicted octanol–water partition coefficient (Wildman–Crippen LogP) is -1.06. The molecule has 0 aromatic carbocycles. The maximum Gasteiger partial charge on any atom is 0.277 e. The van der Waals surface area contributed by atoms with Crippen LogP contribution in [0, 0.1) is 0 Å². The van der Waals surface area contributed by atoms with Gasteiger partial charge in [0.1, 0.15) is 0 Å². The molecule has 0 bridgehead atoms. The third-order valence-electron chi connectivity index (χ3n) is 2.67. The number of carbonyl (C=O) groups excluding carboxylic acids is 4. The summed E-state index contributed by atoms with van der Waals surface area (Å²) in [5.41, 5.74) is 0. The number of rotatable bonds is 8. The van der Waals surface area contributed by atoms with Crippen molar-refractivity contribution in [1.82, 2.24) is 10.1 Å². The van der Waals surface area contributed by atoms with Gasteiger partial charge >= 0.3 is 0 Å². The standard InChI is InChI=1S/C12H14N2O7/c15-9-1-2-10(16)13(9)20-7-5-19-6-8-21-14-11(17)3-4-12(14)18/h1-2H,3-8H2. The van der Waals surface area contributed by atoms with Crippen molar-refractivity contribution >= 4 is 23.6 Å². The molecule has 2 heterocycles. The Bertz CT molecular complexity index is 448. The van der Waals surface area contributed by atoms with E-state index in [9.17, 15) is 19.2 Å². The SMILES string of the molecule is O=C1C=CC(=O)N1OCCOCCON1C(=O)CCC1=O. The molecule has 21 heavy (non-hydrogen) atoms. The predicted molar refractivity (Wildman–Crippen MR) is 64.8 cm³/mol. The highest BCUT2D eigenvalue weighted by atomic mass is 16.7. The maximum atomic E-state index is 11.2. The molecule has 0 aliphatic carbocycles. The fourth-order valence-corrected chi connectivity index (χ4v) is 1.69. The van der Waals surface area contributed by atoms with E-state index in [1.807, 2.05) is 0 Å². The molecule has 0 radical (unpaired) electrons. The van der Waals surface area contributed by atoms with Gasteiger partial charge in [0.2, 0.25) is 0 Å². The molecule has 2 aliphatic rings. The molecule has 2 rings (SSSR count). The number of hydroxylamine groups is 4. The monoisotopic (exact) mass is 298 g/mol. The normalized spacial score (nSPS) is 18.5. The number of amides is 4. The molecule has 0 N–H and O–H groups in total. The summed E-state index contributed by atoms with van der Waals surface area (Å²) in [6.45, 7) is 0.324. The van der Waals surface area contributed by atoms with Crippen molar-refractivity contribution in [3.8, 4) is 0 Å². The zero-order valence-corrected chi connectivity index (χ0v) is 11.1. The summed E-state index contributed by atoms with van der Waals surface area (Å²) in [6.07, 6.45) is 2.56. The number of nitrogens with zero attached hydrogens (tertiary/aromatic N) is 2. The van der Waals surface area contributed by atoms with Gasteiger partial charge in [0.25, 0.3) is 23.6 Å². The van der Waals surface area contributed by atoms with Crippen LogP contribution in [-0.4, -0.2) is 60.2 Å². The Morgan fingerprint density at radius 2 is 1.24 bits per heavy atom. The maximum absolute atomic E-state index is 11.2. The molecule has 0 aromatic heterocycles.